The van der Waals surface area contributed by atoms with Crippen molar-refractivity contribution in [3.8, 4) is 11.5 Å². The van der Waals surface area contributed by atoms with Crippen molar-refractivity contribution in [1.82, 2.24) is 5.32 Å². The third-order valence-electron chi connectivity index (χ3n) is 4.39. The van der Waals surface area contributed by atoms with Crippen LogP contribution < -0.4 is 14.8 Å². The molecule has 0 fully saturated rings. The molecule has 2 unspecified atom stereocenters. The van der Waals surface area contributed by atoms with E-state index in [0.29, 0.717) is 34.0 Å². The highest BCUT2D eigenvalue weighted by Crippen LogP contribution is 2.44. The summed E-state index contributed by atoms with van der Waals surface area (Å²) in [4.78, 5) is 24.8. The van der Waals surface area contributed by atoms with Crippen LogP contribution in [0.2, 0.25) is 0 Å². The molecule has 132 valence electrons. The van der Waals surface area contributed by atoms with Gasteiger partial charge in [0.15, 0.2) is 11.5 Å². The van der Waals surface area contributed by atoms with Crippen molar-refractivity contribution in [2.24, 2.45) is 5.92 Å². The predicted molar refractivity (Wildman–Crippen MR) is 87.8 cm³/mol. The first kappa shape index (κ1) is 16.9. The van der Waals surface area contributed by atoms with Gasteiger partial charge in [-0.15, -0.1) is 0 Å². The topological polar surface area (TPSA) is 83.1 Å². The van der Waals surface area contributed by atoms with E-state index in [1.165, 1.54) is 14.2 Å². The van der Waals surface area contributed by atoms with E-state index in [2.05, 4.69) is 11.9 Å². The van der Waals surface area contributed by atoms with E-state index >= 15 is 0 Å². The molecule has 0 spiro atoms. The zero-order valence-electron chi connectivity index (χ0n) is 14.3. The first-order valence-electron chi connectivity index (χ1n) is 7.70. The Labute approximate surface area is 145 Å². The van der Waals surface area contributed by atoms with Crippen LogP contribution in [0.25, 0.3) is 0 Å². The number of hydrogen-bond donors (Lipinski definition) is 1. The highest BCUT2D eigenvalue weighted by atomic mass is 16.7. The number of allylic oxidation sites excluding steroid dienone is 1. The molecule has 0 saturated heterocycles. The lowest BCUT2D eigenvalue weighted by Gasteiger charge is -2.34. The molecule has 7 nitrogen and oxygen atoms in total. The number of fused-ring (bicyclic) bond motifs is 1. The fourth-order valence-corrected chi connectivity index (χ4v) is 3.25. The van der Waals surface area contributed by atoms with E-state index in [4.69, 9.17) is 18.9 Å². The van der Waals surface area contributed by atoms with Crippen molar-refractivity contribution in [3.63, 3.8) is 0 Å². The second-order valence-corrected chi connectivity index (χ2v) is 5.77. The normalized spacial score (nSPS) is 21.6. The number of ether oxygens (including phenoxy) is 4. The van der Waals surface area contributed by atoms with Gasteiger partial charge in [0.25, 0.3) is 0 Å². The molecule has 0 saturated carbocycles. The maximum atomic E-state index is 12.4. The number of esters is 2. The van der Waals surface area contributed by atoms with E-state index in [1.807, 2.05) is 0 Å². The van der Waals surface area contributed by atoms with Crippen molar-refractivity contribution in [2.45, 2.75) is 12.8 Å². The summed E-state index contributed by atoms with van der Waals surface area (Å²) < 4.78 is 20.6. The highest BCUT2D eigenvalue weighted by Gasteiger charge is 2.43. The Kier molecular flexibility index (Phi) is 4.39. The molecule has 25 heavy (non-hydrogen) atoms. The van der Waals surface area contributed by atoms with E-state index in [9.17, 15) is 9.59 Å². The Morgan fingerprint density at radius 1 is 1.20 bits per heavy atom. The van der Waals surface area contributed by atoms with Crippen molar-refractivity contribution in [1.29, 1.82) is 0 Å². The van der Waals surface area contributed by atoms with Gasteiger partial charge in [0.2, 0.25) is 6.79 Å². The number of benzene rings is 1. The summed E-state index contributed by atoms with van der Waals surface area (Å²) >= 11 is 0. The Balaban J connectivity index is 2.16. The van der Waals surface area contributed by atoms with E-state index in [-0.39, 0.29) is 6.79 Å². The molecule has 2 heterocycles. The maximum absolute atomic E-state index is 12.4. The summed E-state index contributed by atoms with van der Waals surface area (Å²) in [6.07, 6.45) is 0. The van der Waals surface area contributed by atoms with Gasteiger partial charge in [0.1, 0.15) is 5.92 Å². The molecule has 0 bridgehead atoms. The minimum Gasteiger partial charge on any atom is -0.468 e. The smallest absolute Gasteiger partial charge is 0.336 e. The van der Waals surface area contributed by atoms with Crippen LogP contribution in [0.3, 0.4) is 0 Å². The van der Waals surface area contributed by atoms with E-state index < -0.39 is 23.8 Å². The average molecular weight is 345 g/mol. The summed E-state index contributed by atoms with van der Waals surface area (Å²) in [5.41, 5.74) is 2.10. The van der Waals surface area contributed by atoms with Crippen molar-refractivity contribution in [2.75, 3.05) is 21.0 Å². The molecule has 2 aliphatic heterocycles. The van der Waals surface area contributed by atoms with Gasteiger partial charge in [-0.3, -0.25) is 4.79 Å². The molecule has 7 heteroatoms. The molecule has 2 aliphatic rings. The minimum absolute atomic E-state index is 0.136. The van der Waals surface area contributed by atoms with Crippen molar-refractivity contribution < 1.29 is 28.5 Å². The minimum atomic E-state index is -0.775. The fourth-order valence-electron chi connectivity index (χ4n) is 3.25. The lowest BCUT2D eigenvalue weighted by molar-refractivity contribution is -0.145. The number of carbonyl (C=O) groups is 2. The zero-order valence-corrected chi connectivity index (χ0v) is 14.3. The molecule has 0 aromatic heterocycles. The largest absolute Gasteiger partial charge is 0.468 e. The van der Waals surface area contributed by atoms with Gasteiger partial charge in [-0.2, -0.15) is 0 Å². The second kappa shape index (κ2) is 6.51. The predicted octanol–water partition coefficient (Wildman–Crippen LogP) is 1.85. The van der Waals surface area contributed by atoms with Crippen LogP contribution >= 0.6 is 0 Å². The van der Waals surface area contributed by atoms with Crippen LogP contribution in [0.5, 0.6) is 11.5 Å². The molecule has 2 atom stereocenters. The van der Waals surface area contributed by atoms with Crippen LogP contribution in [-0.2, 0) is 19.1 Å². The fraction of sp³-hybridized carbons (Fsp3) is 0.333. The lowest BCUT2D eigenvalue weighted by atomic mass is 9.75. The molecule has 1 aromatic rings. The monoisotopic (exact) mass is 345 g/mol. The molecule has 1 N–H and O–H groups in total. The SMILES string of the molecule is C=C1NC(C)=C(C(=O)OC)C(c2ccc3c(c2)OCO3)C1C(=O)OC. The maximum Gasteiger partial charge on any atom is 0.336 e. The standard InChI is InChI=1S/C18H19NO6/c1-9-14(17(20)22-3)16(15(10(2)19-9)18(21)23-4)11-5-6-12-13(7-11)25-8-24-12/h5-7,14,16,19H,1,8H2,2-4H3. The van der Waals surface area contributed by atoms with Gasteiger partial charge in [0.05, 0.1) is 19.8 Å². The highest BCUT2D eigenvalue weighted by molar-refractivity contribution is 5.94. The number of hydrogen-bond acceptors (Lipinski definition) is 7. The summed E-state index contributed by atoms with van der Waals surface area (Å²) in [5.74, 6) is -1.21. The summed E-state index contributed by atoms with van der Waals surface area (Å²) in [7, 11) is 2.60. The van der Waals surface area contributed by atoms with Gasteiger partial charge < -0.3 is 24.3 Å². The van der Waals surface area contributed by atoms with Crippen LogP contribution in [-0.4, -0.2) is 33.0 Å². The summed E-state index contributed by atoms with van der Waals surface area (Å²) in [6.45, 7) is 5.81. The molecule has 1 aromatic carbocycles. The third kappa shape index (κ3) is 2.82. The van der Waals surface area contributed by atoms with E-state index in [1.54, 1.807) is 25.1 Å². The average Bonchev–Trinajstić information content (AvgIpc) is 3.07. The molecular weight excluding hydrogens is 326 g/mol. The Hall–Kier alpha value is -2.96. The quantitative estimate of drug-likeness (QED) is 0.837. The number of carbonyl (C=O) groups excluding carboxylic acids is 2. The van der Waals surface area contributed by atoms with Gasteiger partial charge in [-0.1, -0.05) is 12.6 Å². The lowest BCUT2D eigenvalue weighted by Crippen LogP contribution is -2.39. The zero-order chi connectivity index (χ0) is 18.1. The first-order valence-corrected chi connectivity index (χ1v) is 7.70. The van der Waals surface area contributed by atoms with Gasteiger partial charge in [-0.05, 0) is 24.6 Å². The van der Waals surface area contributed by atoms with Gasteiger partial charge in [-0.25, -0.2) is 4.79 Å². The molecular formula is C18H19NO6. The summed E-state index contributed by atoms with van der Waals surface area (Å²) in [6, 6.07) is 5.31. The van der Waals surface area contributed by atoms with Gasteiger partial charge >= 0.3 is 11.9 Å². The van der Waals surface area contributed by atoms with Crippen LogP contribution in [0.1, 0.15) is 18.4 Å². The Bertz CT molecular complexity index is 782. The molecule has 0 amide bonds. The third-order valence-corrected chi connectivity index (χ3v) is 4.39. The van der Waals surface area contributed by atoms with Crippen LogP contribution in [0, 0.1) is 5.92 Å². The molecule has 0 aliphatic carbocycles. The molecule has 0 radical (unpaired) electrons. The first-order chi connectivity index (χ1) is 12.0. The van der Waals surface area contributed by atoms with Crippen LogP contribution in [0.15, 0.2) is 41.7 Å². The Morgan fingerprint density at radius 3 is 2.60 bits per heavy atom. The van der Waals surface area contributed by atoms with E-state index in [0.717, 1.165) is 0 Å². The summed E-state index contributed by atoms with van der Waals surface area (Å²) in [5, 5.41) is 2.99. The van der Waals surface area contributed by atoms with Gasteiger partial charge in [0, 0.05) is 17.3 Å². The number of nitrogens with one attached hydrogen (secondary N) is 1. The number of methoxy groups -OCH3 is 2. The number of rotatable bonds is 3. The Morgan fingerprint density at radius 2 is 1.92 bits per heavy atom. The second-order valence-electron chi connectivity index (χ2n) is 5.77. The van der Waals surface area contributed by atoms with Crippen LogP contribution in [0.4, 0.5) is 0 Å². The van der Waals surface area contributed by atoms with Crippen molar-refractivity contribution >= 4 is 11.9 Å². The molecule has 3 rings (SSSR count). The van der Waals surface area contributed by atoms with Crippen molar-refractivity contribution in [3.05, 3.63) is 47.3 Å².